The molecule has 1 aromatic rings. The fraction of sp³-hybridized carbons (Fsp3) is 0.625. The summed E-state index contributed by atoms with van der Waals surface area (Å²) in [4.78, 5) is 2.31. The van der Waals surface area contributed by atoms with E-state index in [0.717, 1.165) is 32.7 Å². The standard InChI is InChI=1S/C16H28N2O/c1-5-14-7-9-15(10-8-14)16(17-6-2)13-18(3)11-12-19-4/h7-10,16-17H,5-6,11-13H2,1-4H3. The normalized spacial score (nSPS) is 12.9. The average Bonchev–Trinajstić information content (AvgIpc) is 2.45. The van der Waals surface area contributed by atoms with Gasteiger partial charge in [-0.1, -0.05) is 38.1 Å². The predicted octanol–water partition coefficient (Wildman–Crippen LogP) is 2.48. The third-order valence-corrected chi connectivity index (χ3v) is 3.41. The van der Waals surface area contributed by atoms with Gasteiger partial charge in [0.05, 0.1) is 6.61 Å². The largest absolute Gasteiger partial charge is 0.383 e. The van der Waals surface area contributed by atoms with Gasteiger partial charge >= 0.3 is 0 Å². The Labute approximate surface area is 118 Å². The molecule has 0 saturated heterocycles. The molecule has 0 fully saturated rings. The third kappa shape index (κ3) is 5.72. The van der Waals surface area contributed by atoms with Crippen molar-refractivity contribution in [2.45, 2.75) is 26.3 Å². The van der Waals surface area contributed by atoms with Crippen LogP contribution in [0, 0.1) is 0 Å². The van der Waals surface area contributed by atoms with Crippen molar-refractivity contribution in [3.63, 3.8) is 0 Å². The third-order valence-electron chi connectivity index (χ3n) is 3.41. The smallest absolute Gasteiger partial charge is 0.0589 e. The van der Waals surface area contributed by atoms with Crippen LogP contribution in [-0.2, 0) is 11.2 Å². The van der Waals surface area contributed by atoms with Crippen LogP contribution >= 0.6 is 0 Å². The Morgan fingerprint density at radius 3 is 2.42 bits per heavy atom. The van der Waals surface area contributed by atoms with Crippen molar-refractivity contribution in [1.82, 2.24) is 10.2 Å². The van der Waals surface area contributed by atoms with Gasteiger partial charge in [0.1, 0.15) is 0 Å². The van der Waals surface area contributed by atoms with Crippen LogP contribution in [0.3, 0.4) is 0 Å². The number of hydrogen-bond donors (Lipinski definition) is 1. The first-order valence-corrected chi connectivity index (χ1v) is 7.20. The highest BCUT2D eigenvalue weighted by Gasteiger charge is 2.12. The molecule has 0 spiro atoms. The topological polar surface area (TPSA) is 24.5 Å². The molecule has 0 heterocycles. The lowest BCUT2D eigenvalue weighted by molar-refractivity contribution is 0.155. The molecule has 1 unspecified atom stereocenters. The lowest BCUT2D eigenvalue weighted by Crippen LogP contribution is -2.34. The minimum Gasteiger partial charge on any atom is -0.383 e. The van der Waals surface area contributed by atoms with Gasteiger partial charge in [-0.25, -0.2) is 0 Å². The molecule has 0 amide bonds. The first-order chi connectivity index (χ1) is 9.21. The molecule has 0 saturated carbocycles. The van der Waals surface area contributed by atoms with Gasteiger partial charge in [0, 0.05) is 26.2 Å². The van der Waals surface area contributed by atoms with E-state index in [1.807, 2.05) is 0 Å². The van der Waals surface area contributed by atoms with Crippen molar-refractivity contribution in [3.8, 4) is 0 Å². The van der Waals surface area contributed by atoms with Gasteiger partial charge in [-0.05, 0) is 31.1 Å². The molecule has 1 aromatic carbocycles. The summed E-state index contributed by atoms with van der Waals surface area (Å²) < 4.78 is 5.13. The number of hydrogen-bond acceptors (Lipinski definition) is 3. The average molecular weight is 264 g/mol. The molecule has 3 nitrogen and oxygen atoms in total. The van der Waals surface area contributed by atoms with E-state index < -0.39 is 0 Å². The number of benzene rings is 1. The minimum absolute atomic E-state index is 0.387. The van der Waals surface area contributed by atoms with E-state index in [1.165, 1.54) is 11.1 Å². The van der Waals surface area contributed by atoms with Crippen molar-refractivity contribution in [2.75, 3.05) is 40.4 Å². The van der Waals surface area contributed by atoms with Gasteiger partial charge in [-0.3, -0.25) is 0 Å². The zero-order valence-corrected chi connectivity index (χ0v) is 12.8. The lowest BCUT2D eigenvalue weighted by atomic mass is 10.0. The van der Waals surface area contributed by atoms with E-state index in [1.54, 1.807) is 7.11 Å². The lowest BCUT2D eigenvalue weighted by Gasteiger charge is -2.25. The van der Waals surface area contributed by atoms with E-state index in [0.29, 0.717) is 6.04 Å². The Balaban J connectivity index is 2.64. The zero-order valence-electron chi connectivity index (χ0n) is 12.8. The number of rotatable bonds is 9. The molecule has 0 radical (unpaired) electrons. The van der Waals surface area contributed by atoms with Crippen LogP contribution in [0.5, 0.6) is 0 Å². The Bertz CT molecular complexity index is 337. The number of ether oxygens (including phenoxy) is 1. The number of methoxy groups -OCH3 is 1. The highest BCUT2D eigenvalue weighted by molar-refractivity contribution is 5.25. The zero-order chi connectivity index (χ0) is 14.1. The van der Waals surface area contributed by atoms with Crippen molar-refractivity contribution in [3.05, 3.63) is 35.4 Å². The Kier molecular flexibility index (Phi) is 7.72. The van der Waals surface area contributed by atoms with Crippen molar-refractivity contribution in [1.29, 1.82) is 0 Å². The second kappa shape index (κ2) is 9.08. The fourth-order valence-corrected chi connectivity index (χ4v) is 2.17. The molecule has 1 N–H and O–H groups in total. The molecule has 0 bridgehead atoms. The maximum atomic E-state index is 5.13. The quantitative estimate of drug-likeness (QED) is 0.741. The molecule has 19 heavy (non-hydrogen) atoms. The second-order valence-corrected chi connectivity index (χ2v) is 4.96. The summed E-state index contributed by atoms with van der Waals surface area (Å²) in [6.07, 6.45) is 1.10. The fourth-order valence-electron chi connectivity index (χ4n) is 2.17. The van der Waals surface area contributed by atoms with E-state index in [9.17, 15) is 0 Å². The van der Waals surface area contributed by atoms with Crippen molar-refractivity contribution in [2.24, 2.45) is 0 Å². The summed E-state index contributed by atoms with van der Waals surface area (Å²) in [5.41, 5.74) is 2.76. The van der Waals surface area contributed by atoms with Crippen LogP contribution in [0.15, 0.2) is 24.3 Å². The van der Waals surface area contributed by atoms with E-state index in [2.05, 4.69) is 55.4 Å². The highest BCUT2D eigenvalue weighted by atomic mass is 16.5. The summed E-state index contributed by atoms with van der Waals surface area (Å²) in [7, 11) is 3.89. The van der Waals surface area contributed by atoms with Gasteiger partial charge in [-0.15, -0.1) is 0 Å². The molecule has 1 rings (SSSR count). The maximum Gasteiger partial charge on any atom is 0.0589 e. The van der Waals surface area contributed by atoms with Crippen LogP contribution in [0.1, 0.15) is 31.0 Å². The van der Waals surface area contributed by atoms with Crippen LogP contribution in [0.2, 0.25) is 0 Å². The van der Waals surface area contributed by atoms with Crippen molar-refractivity contribution >= 4 is 0 Å². The highest BCUT2D eigenvalue weighted by Crippen LogP contribution is 2.15. The molecule has 0 aliphatic rings. The van der Waals surface area contributed by atoms with Gasteiger partial charge in [0.15, 0.2) is 0 Å². The van der Waals surface area contributed by atoms with Gasteiger partial charge < -0.3 is 15.0 Å². The maximum absolute atomic E-state index is 5.13. The Morgan fingerprint density at radius 2 is 1.89 bits per heavy atom. The first-order valence-electron chi connectivity index (χ1n) is 7.20. The minimum atomic E-state index is 0.387. The molecular formula is C16H28N2O. The van der Waals surface area contributed by atoms with E-state index >= 15 is 0 Å². The first kappa shape index (κ1) is 16.2. The van der Waals surface area contributed by atoms with Gasteiger partial charge in [0.25, 0.3) is 0 Å². The van der Waals surface area contributed by atoms with Gasteiger partial charge in [-0.2, -0.15) is 0 Å². The summed E-state index contributed by atoms with van der Waals surface area (Å²) >= 11 is 0. The summed E-state index contributed by atoms with van der Waals surface area (Å²) in [5, 5.41) is 3.56. The van der Waals surface area contributed by atoms with E-state index in [-0.39, 0.29) is 0 Å². The molecule has 0 aromatic heterocycles. The molecule has 108 valence electrons. The Morgan fingerprint density at radius 1 is 1.21 bits per heavy atom. The monoisotopic (exact) mass is 264 g/mol. The summed E-state index contributed by atoms with van der Waals surface area (Å²) in [6, 6.07) is 9.34. The molecule has 0 aliphatic carbocycles. The van der Waals surface area contributed by atoms with Crippen molar-refractivity contribution < 1.29 is 4.74 Å². The van der Waals surface area contributed by atoms with Crippen LogP contribution < -0.4 is 5.32 Å². The number of likely N-dealkylation sites (N-methyl/N-ethyl adjacent to an activating group) is 2. The molecular weight excluding hydrogens is 236 g/mol. The Hall–Kier alpha value is -0.900. The number of nitrogens with one attached hydrogen (secondary N) is 1. The molecule has 3 heteroatoms. The summed E-state index contributed by atoms with van der Waals surface area (Å²) in [6.45, 7) is 8.08. The van der Waals surface area contributed by atoms with Crippen LogP contribution in [0.4, 0.5) is 0 Å². The van der Waals surface area contributed by atoms with Crippen LogP contribution in [0.25, 0.3) is 0 Å². The summed E-state index contributed by atoms with van der Waals surface area (Å²) in [5.74, 6) is 0. The number of aryl methyl sites for hydroxylation is 1. The molecule has 1 atom stereocenters. The second-order valence-electron chi connectivity index (χ2n) is 4.96. The molecule has 0 aliphatic heterocycles. The number of nitrogens with zero attached hydrogens (tertiary/aromatic N) is 1. The predicted molar refractivity (Wildman–Crippen MR) is 81.6 cm³/mol. The van der Waals surface area contributed by atoms with Gasteiger partial charge in [0.2, 0.25) is 0 Å². The SMILES string of the molecule is CCNC(CN(C)CCOC)c1ccc(CC)cc1. The van der Waals surface area contributed by atoms with E-state index in [4.69, 9.17) is 4.74 Å². The van der Waals surface area contributed by atoms with Crippen LogP contribution in [-0.4, -0.2) is 45.3 Å².